The summed E-state index contributed by atoms with van der Waals surface area (Å²) in [6.45, 7) is 0. The molecule has 0 amide bonds. The van der Waals surface area contributed by atoms with Crippen LogP contribution in [0.15, 0.2) is 30.3 Å². The van der Waals surface area contributed by atoms with Crippen molar-refractivity contribution in [1.82, 2.24) is 0 Å². The van der Waals surface area contributed by atoms with Crippen molar-refractivity contribution in [3.05, 3.63) is 35.9 Å². The Balaban J connectivity index is 1.85. The van der Waals surface area contributed by atoms with Crippen LogP contribution >= 0.6 is 23.5 Å². The summed E-state index contributed by atoms with van der Waals surface area (Å²) in [4.78, 5) is 0. The Morgan fingerprint density at radius 2 is 1.73 bits per heavy atom. The predicted molar refractivity (Wildman–Crippen MR) is 70.6 cm³/mol. The minimum absolute atomic E-state index is 0.778. The van der Waals surface area contributed by atoms with Crippen LogP contribution in [0.5, 0.6) is 0 Å². The normalized spacial score (nSPS) is 35.1. The first-order chi connectivity index (χ1) is 7.45. The van der Waals surface area contributed by atoms with Crippen LogP contribution in [0.4, 0.5) is 0 Å². The van der Waals surface area contributed by atoms with E-state index in [-0.39, 0.29) is 0 Å². The quantitative estimate of drug-likeness (QED) is 0.723. The molecule has 1 aromatic rings. The molecular formula is C13H16S2. The molecule has 0 N–H and O–H groups in total. The number of fused-ring (bicyclic) bond motifs is 1. The topological polar surface area (TPSA) is 0 Å². The summed E-state index contributed by atoms with van der Waals surface area (Å²) in [5.74, 6) is 3.68. The zero-order chi connectivity index (χ0) is 10.1. The molecule has 0 radical (unpaired) electrons. The van der Waals surface area contributed by atoms with E-state index in [1.165, 1.54) is 24.3 Å². The van der Waals surface area contributed by atoms with Crippen molar-refractivity contribution in [2.45, 2.75) is 23.3 Å². The first-order valence-corrected chi connectivity index (χ1v) is 7.83. The number of benzene rings is 1. The van der Waals surface area contributed by atoms with Gasteiger partial charge in [0.1, 0.15) is 0 Å². The molecule has 15 heavy (non-hydrogen) atoms. The summed E-state index contributed by atoms with van der Waals surface area (Å²) >= 11 is 4.39. The van der Waals surface area contributed by atoms with Gasteiger partial charge < -0.3 is 0 Å². The summed E-state index contributed by atoms with van der Waals surface area (Å²) in [5, 5.41) is 1.73. The second-order valence-electron chi connectivity index (χ2n) is 4.35. The Morgan fingerprint density at radius 3 is 2.60 bits per heavy atom. The van der Waals surface area contributed by atoms with Gasteiger partial charge in [-0.3, -0.25) is 0 Å². The van der Waals surface area contributed by atoms with E-state index in [1.54, 1.807) is 5.56 Å². The molecule has 2 aliphatic rings. The molecule has 2 fully saturated rings. The van der Waals surface area contributed by atoms with Gasteiger partial charge in [-0.05, 0) is 35.8 Å². The van der Waals surface area contributed by atoms with Crippen LogP contribution in [-0.4, -0.2) is 16.8 Å². The third-order valence-electron chi connectivity index (χ3n) is 3.48. The highest BCUT2D eigenvalue weighted by molar-refractivity contribution is 8.01. The summed E-state index contributed by atoms with van der Waals surface area (Å²) in [5.41, 5.74) is 1.56. The molecule has 0 bridgehead atoms. The van der Waals surface area contributed by atoms with Crippen molar-refractivity contribution in [2.75, 3.05) is 11.5 Å². The van der Waals surface area contributed by atoms with E-state index >= 15 is 0 Å². The molecule has 0 spiro atoms. The van der Waals surface area contributed by atoms with Crippen LogP contribution in [0.2, 0.25) is 0 Å². The Hall–Kier alpha value is -0.0800. The summed E-state index contributed by atoms with van der Waals surface area (Å²) in [6, 6.07) is 11.1. The molecule has 3 rings (SSSR count). The van der Waals surface area contributed by atoms with E-state index < -0.39 is 0 Å². The number of hydrogen-bond donors (Lipinski definition) is 0. The Morgan fingerprint density at radius 1 is 0.933 bits per heavy atom. The maximum atomic E-state index is 2.31. The van der Waals surface area contributed by atoms with Gasteiger partial charge in [0.15, 0.2) is 0 Å². The maximum Gasteiger partial charge on any atom is 0.0336 e. The first-order valence-electron chi connectivity index (χ1n) is 5.73. The van der Waals surface area contributed by atoms with Gasteiger partial charge in [0.2, 0.25) is 0 Å². The van der Waals surface area contributed by atoms with E-state index in [0.29, 0.717) is 0 Å². The minimum atomic E-state index is 0.778. The molecule has 2 heteroatoms. The van der Waals surface area contributed by atoms with E-state index in [1.807, 2.05) is 0 Å². The fourth-order valence-electron chi connectivity index (χ4n) is 2.73. The molecule has 3 unspecified atom stereocenters. The van der Waals surface area contributed by atoms with Crippen LogP contribution in [0, 0.1) is 5.92 Å². The molecule has 2 saturated heterocycles. The molecule has 0 aliphatic carbocycles. The Kier molecular flexibility index (Phi) is 2.98. The van der Waals surface area contributed by atoms with Gasteiger partial charge in [-0.15, -0.1) is 0 Å². The van der Waals surface area contributed by atoms with Crippen molar-refractivity contribution >= 4 is 23.5 Å². The monoisotopic (exact) mass is 236 g/mol. The van der Waals surface area contributed by atoms with Gasteiger partial charge in [0, 0.05) is 10.5 Å². The van der Waals surface area contributed by atoms with Gasteiger partial charge in [-0.2, -0.15) is 23.5 Å². The second-order valence-corrected chi connectivity index (χ2v) is 6.95. The number of hydrogen-bond acceptors (Lipinski definition) is 2. The number of rotatable bonds is 1. The van der Waals surface area contributed by atoms with Gasteiger partial charge >= 0.3 is 0 Å². The molecule has 0 aromatic heterocycles. The van der Waals surface area contributed by atoms with Crippen LogP contribution in [0.25, 0.3) is 0 Å². The molecule has 2 heterocycles. The highest BCUT2D eigenvalue weighted by Gasteiger charge is 2.38. The van der Waals surface area contributed by atoms with Crippen LogP contribution in [-0.2, 0) is 0 Å². The first kappa shape index (κ1) is 10.1. The van der Waals surface area contributed by atoms with Crippen molar-refractivity contribution in [3.63, 3.8) is 0 Å². The standard InChI is InChI=1S/C13H16S2/c1-2-4-10(5-3-1)13-11-6-8-14-12(11)7-9-15-13/h1-5,11-13H,6-9H2. The van der Waals surface area contributed by atoms with Crippen molar-refractivity contribution < 1.29 is 0 Å². The number of thioether (sulfide) groups is 2. The lowest BCUT2D eigenvalue weighted by Gasteiger charge is -2.33. The highest BCUT2D eigenvalue weighted by atomic mass is 32.2. The highest BCUT2D eigenvalue weighted by Crippen LogP contribution is 2.51. The fourth-order valence-corrected chi connectivity index (χ4v) is 6.08. The Labute approximate surface area is 100 Å². The fraction of sp³-hybridized carbons (Fsp3) is 0.538. The van der Waals surface area contributed by atoms with Crippen LogP contribution in [0.3, 0.4) is 0 Å². The van der Waals surface area contributed by atoms with E-state index in [4.69, 9.17) is 0 Å². The smallest absolute Gasteiger partial charge is 0.0336 e. The zero-order valence-corrected chi connectivity index (χ0v) is 10.4. The van der Waals surface area contributed by atoms with E-state index in [0.717, 1.165) is 16.4 Å². The summed E-state index contributed by atoms with van der Waals surface area (Å²) in [7, 11) is 0. The zero-order valence-electron chi connectivity index (χ0n) is 8.76. The largest absolute Gasteiger partial charge is 0.158 e. The van der Waals surface area contributed by atoms with Crippen molar-refractivity contribution in [1.29, 1.82) is 0 Å². The van der Waals surface area contributed by atoms with Gasteiger partial charge in [0.05, 0.1) is 0 Å². The molecule has 3 atom stereocenters. The van der Waals surface area contributed by atoms with Crippen LogP contribution in [0.1, 0.15) is 23.7 Å². The lowest BCUT2D eigenvalue weighted by Crippen LogP contribution is -2.23. The maximum absolute atomic E-state index is 2.31. The molecular weight excluding hydrogens is 220 g/mol. The second kappa shape index (κ2) is 4.42. The average molecular weight is 236 g/mol. The minimum Gasteiger partial charge on any atom is -0.158 e. The molecule has 0 nitrogen and oxygen atoms in total. The lowest BCUT2D eigenvalue weighted by molar-refractivity contribution is 0.480. The Bertz CT molecular complexity index is 323. The summed E-state index contributed by atoms with van der Waals surface area (Å²) in [6.07, 6.45) is 2.87. The average Bonchev–Trinajstić information content (AvgIpc) is 2.78. The van der Waals surface area contributed by atoms with Gasteiger partial charge in [-0.25, -0.2) is 0 Å². The third-order valence-corrected chi connectivity index (χ3v) is 6.41. The van der Waals surface area contributed by atoms with Gasteiger partial charge in [-0.1, -0.05) is 30.3 Å². The molecule has 80 valence electrons. The molecule has 0 saturated carbocycles. The molecule has 1 aromatic carbocycles. The SMILES string of the molecule is c1ccc(C2SCCC3SCCC32)cc1. The molecule has 2 aliphatic heterocycles. The van der Waals surface area contributed by atoms with E-state index in [9.17, 15) is 0 Å². The van der Waals surface area contributed by atoms with E-state index in [2.05, 4.69) is 53.9 Å². The predicted octanol–water partition coefficient (Wildman–Crippen LogP) is 3.99. The third kappa shape index (κ3) is 1.94. The van der Waals surface area contributed by atoms with Gasteiger partial charge in [0.25, 0.3) is 0 Å². The lowest BCUT2D eigenvalue weighted by atomic mass is 9.91. The van der Waals surface area contributed by atoms with Crippen LogP contribution < -0.4 is 0 Å². The summed E-state index contributed by atoms with van der Waals surface area (Å²) < 4.78 is 0. The van der Waals surface area contributed by atoms with Crippen molar-refractivity contribution in [2.24, 2.45) is 5.92 Å². The van der Waals surface area contributed by atoms with Crippen molar-refractivity contribution in [3.8, 4) is 0 Å².